The summed E-state index contributed by atoms with van der Waals surface area (Å²) in [6.07, 6.45) is 0.753. The van der Waals surface area contributed by atoms with Gasteiger partial charge in [0.25, 0.3) is 6.47 Å². The average molecular weight is 324 g/mol. The SMILES string of the molecule is CCCCOC(=O)C(OC=O)C1c2ccccc2-c2ccccc21. The zero-order chi connectivity index (χ0) is 16.9. The van der Waals surface area contributed by atoms with Crippen molar-refractivity contribution in [3.63, 3.8) is 0 Å². The summed E-state index contributed by atoms with van der Waals surface area (Å²) >= 11 is 0. The molecule has 3 rings (SSSR count). The third-order valence-electron chi connectivity index (χ3n) is 4.36. The van der Waals surface area contributed by atoms with E-state index in [9.17, 15) is 9.59 Å². The third kappa shape index (κ3) is 2.92. The summed E-state index contributed by atoms with van der Waals surface area (Å²) in [7, 11) is 0. The van der Waals surface area contributed by atoms with Crippen LogP contribution < -0.4 is 0 Å². The van der Waals surface area contributed by atoms with E-state index in [1.165, 1.54) is 0 Å². The molecule has 0 spiro atoms. The predicted octanol–water partition coefficient (Wildman–Crippen LogP) is 3.68. The topological polar surface area (TPSA) is 52.6 Å². The van der Waals surface area contributed by atoms with Gasteiger partial charge in [0.15, 0.2) is 0 Å². The van der Waals surface area contributed by atoms with Crippen molar-refractivity contribution in [3.8, 4) is 11.1 Å². The van der Waals surface area contributed by atoms with Gasteiger partial charge in [-0.25, -0.2) is 4.79 Å². The number of carbonyl (C=O) groups excluding carboxylic acids is 2. The molecule has 0 bridgehead atoms. The molecule has 4 nitrogen and oxygen atoms in total. The highest BCUT2D eigenvalue weighted by atomic mass is 16.6. The zero-order valence-corrected chi connectivity index (χ0v) is 13.6. The molecule has 0 saturated heterocycles. The maximum Gasteiger partial charge on any atom is 0.348 e. The highest BCUT2D eigenvalue weighted by molar-refractivity contribution is 5.85. The zero-order valence-electron chi connectivity index (χ0n) is 13.6. The number of ether oxygens (including phenoxy) is 2. The van der Waals surface area contributed by atoms with Gasteiger partial charge in [0, 0.05) is 0 Å². The minimum absolute atomic E-state index is 0.329. The molecule has 1 aliphatic carbocycles. The van der Waals surface area contributed by atoms with Crippen LogP contribution in [0.2, 0.25) is 0 Å². The molecule has 0 N–H and O–H groups in total. The second-order valence-corrected chi connectivity index (χ2v) is 5.83. The molecule has 0 aliphatic heterocycles. The molecule has 24 heavy (non-hydrogen) atoms. The van der Waals surface area contributed by atoms with Crippen molar-refractivity contribution >= 4 is 12.4 Å². The smallest absolute Gasteiger partial charge is 0.348 e. The molecule has 124 valence electrons. The van der Waals surface area contributed by atoms with Gasteiger partial charge in [0.2, 0.25) is 6.10 Å². The summed E-state index contributed by atoms with van der Waals surface area (Å²) in [5.41, 5.74) is 4.11. The lowest BCUT2D eigenvalue weighted by atomic mass is 9.91. The van der Waals surface area contributed by atoms with Crippen LogP contribution in [-0.4, -0.2) is 25.2 Å². The van der Waals surface area contributed by atoms with Gasteiger partial charge in [0.1, 0.15) is 0 Å². The first-order valence-electron chi connectivity index (χ1n) is 8.22. The van der Waals surface area contributed by atoms with Crippen molar-refractivity contribution in [2.75, 3.05) is 6.61 Å². The number of hydrogen-bond donors (Lipinski definition) is 0. The molecule has 1 aliphatic rings. The van der Waals surface area contributed by atoms with Crippen molar-refractivity contribution in [1.29, 1.82) is 0 Å². The summed E-state index contributed by atoms with van der Waals surface area (Å²) in [6.45, 7) is 2.69. The molecule has 0 fully saturated rings. The quantitative estimate of drug-likeness (QED) is 0.443. The van der Waals surface area contributed by atoms with Crippen molar-refractivity contribution in [2.45, 2.75) is 31.8 Å². The van der Waals surface area contributed by atoms with Crippen LogP contribution >= 0.6 is 0 Å². The lowest BCUT2D eigenvalue weighted by Gasteiger charge is -2.22. The molecule has 0 heterocycles. The van der Waals surface area contributed by atoms with Crippen LogP contribution in [0.3, 0.4) is 0 Å². The lowest BCUT2D eigenvalue weighted by Crippen LogP contribution is -2.32. The highest BCUT2D eigenvalue weighted by Crippen LogP contribution is 2.46. The van der Waals surface area contributed by atoms with E-state index in [4.69, 9.17) is 9.47 Å². The van der Waals surface area contributed by atoms with Crippen LogP contribution in [0.15, 0.2) is 48.5 Å². The van der Waals surface area contributed by atoms with E-state index >= 15 is 0 Å². The van der Waals surface area contributed by atoms with E-state index in [2.05, 4.69) is 0 Å². The van der Waals surface area contributed by atoms with E-state index in [-0.39, 0.29) is 5.92 Å². The first-order valence-corrected chi connectivity index (χ1v) is 8.22. The highest BCUT2D eigenvalue weighted by Gasteiger charge is 2.40. The Morgan fingerprint density at radius 1 is 1.08 bits per heavy atom. The minimum Gasteiger partial charge on any atom is -0.463 e. The van der Waals surface area contributed by atoms with Crippen LogP contribution in [0.5, 0.6) is 0 Å². The largest absolute Gasteiger partial charge is 0.463 e. The summed E-state index contributed by atoms with van der Waals surface area (Å²) in [5.74, 6) is -0.830. The molecule has 2 aromatic carbocycles. The standard InChI is InChI=1S/C20H20O4/c1-2-3-12-23-20(22)19(24-13-21)18-16-10-6-4-8-14(16)15-9-5-7-11-17(15)18/h4-11,13,18-19H,2-3,12H2,1H3. The number of hydrogen-bond acceptors (Lipinski definition) is 4. The first-order chi connectivity index (χ1) is 11.8. The number of esters is 1. The Labute approximate surface area is 141 Å². The molecule has 1 unspecified atom stereocenters. The van der Waals surface area contributed by atoms with E-state index in [1.807, 2.05) is 55.5 Å². The van der Waals surface area contributed by atoms with Gasteiger partial charge in [-0.05, 0) is 28.7 Å². The Kier molecular flexibility index (Phi) is 4.94. The molecular weight excluding hydrogens is 304 g/mol. The molecule has 0 aromatic heterocycles. The van der Waals surface area contributed by atoms with Gasteiger partial charge in [-0.1, -0.05) is 61.9 Å². The summed E-state index contributed by atoms with van der Waals surface area (Å²) in [5, 5.41) is 0. The number of benzene rings is 2. The molecule has 1 atom stereocenters. The van der Waals surface area contributed by atoms with Crippen LogP contribution in [0, 0.1) is 0 Å². The van der Waals surface area contributed by atoms with Crippen LogP contribution in [0.4, 0.5) is 0 Å². The van der Waals surface area contributed by atoms with Crippen LogP contribution in [0.25, 0.3) is 11.1 Å². The number of fused-ring (bicyclic) bond motifs is 3. The number of rotatable bonds is 7. The van der Waals surface area contributed by atoms with E-state index in [0.717, 1.165) is 35.1 Å². The van der Waals surface area contributed by atoms with Crippen molar-refractivity contribution in [1.82, 2.24) is 0 Å². The molecule has 0 saturated carbocycles. The Morgan fingerprint density at radius 3 is 2.21 bits per heavy atom. The fourth-order valence-corrected chi connectivity index (χ4v) is 3.25. The number of unbranched alkanes of at least 4 members (excludes halogenated alkanes) is 1. The van der Waals surface area contributed by atoms with Crippen LogP contribution in [-0.2, 0) is 19.1 Å². The Bertz CT molecular complexity index is 692. The monoisotopic (exact) mass is 324 g/mol. The van der Waals surface area contributed by atoms with Crippen molar-refractivity contribution in [2.24, 2.45) is 0 Å². The molecule has 0 amide bonds. The van der Waals surface area contributed by atoms with Gasteiger partial charge in [0.05, 0.1) is 12.5 Å². The Balaban J connectivity index is 1.98. The maximum atomic E-state index is 12.5. The molecule has 4 heteroatoms. The minimum atomic E-state index is -0.968. The van der Waals surface area contributed by atoms with Gasteiger partial charge in [-0.15, -0.1) is 0 Å². The molecule has 0 radical (unpaired) electrons. The van der Waals surface area contributed by atoms with E-state index in [1.54, 1.807) is 0 Å². The van der Waals surface area contributed by atoms with Crippen molar-refractivity contribution in [3.05, 3.63) is 59.7 Å². The third-order valence-corrected chi connectivity index (χ3v) is 4.36. The normalized spacial score (nSPS) is 13.7. The first kappa shape index (κ1) is 16.2. The maximum absolute atomic E-state index is 12.5. The predicted molar refractivity (Wildman–Crippen MR) is 90.5 cm³/mol. The van der Waals surface area contributed by atoms with Gasteiger partial charge in [-0.3, -0.25) is 4.79 Å². The van der Waals surface area contributed by atoms with Gasteiger partial charge in [-0.2, -0.15) is 0 Å². The molecular formula is C20H20O4. The summed E-state index contributed by atoms with van der Waals surface area (Å²) < 4.78 is 10.5. The van der Waals surface area contributed by atoms with Crippen molar-refractivity contribution < 1.29 is 19.1 Å². The van der Waals surface area contributed by atoms with E-state index < -0.39 is 12.1 Å². The molecule has 2 aromatic rings. The van der Waals surface area contributed by atoms with Gasteiger partial charge < -0.3 is 9.47 Å². The summed E-state index contributed by atoms with van der Waals surface area (Å²) in [4.78, 5) is 23.5. The lowest BCUT2D eigenvalue weighted by molar-refractivity contribution is -0.162. The van der Waals surface area contributed by atoms with Gasteiger partial charge >= 0.3 is 5.97 Å². The fourth-order valence-electron chi connectivity index (χ4n) is 3.25. The van der Waals surface area contributed by atoms with E-state index in [0.29, 0.717) is 13.1 Å². The summed E-state index contributed by atoms with van der Waals surface area (Å²) in [6, 6.07) is 15.8. The second kappa shape index (κ2) is 7.30. The van der Waals surface area contributed by atoms with Crippen LogP contribution in [0.1, 0.15) is 36.8 Å². The second-order valence-electron chi connectivity index (χ2n) is 5.83. The number of carbonyl (C=O) groups is 2. The average Bonchev–Trinajstić information content (AvgIpc) is 2.94. The fraction of sp³-hybridized carbons (Fsp3) is 0.300. The Morgan fingerprint density at radius 2 is 1.67 bits per heavy atom. The Hall–Kier alpha value is -2.62.